The van der Waals surface area contributed by atoms with Crippen molar-refractivity contribution < 1.29 is 14.6 Å². The van der Waals surface area contributed by atoms with E-state index in [0.29, 0.717) is 22.7 Å². The smallest absolute Gasteiger partial charge is 0.172 e. The first-order chi connectivity index (χ1) is 12.6. The zero-order valence-electron chi connectivity index (χ0n) is 15.1. The molecule has 3 unspecified atom stereocenters. The maximum atomic E-state index is 10.3. The molecule has 2 aromatic rings. The first kappa shape index (κ1) is 17.7. The van der Waals surface area contributed by atoms with Crippen LogP contribution < -0.4 is 10.1 Å². The fourth-order valence-electron chi connectivity index (χ4n) is 4.16. The van der Waals surface area contributed by atoms with Gasteiger partial charge in [-0.25, -0.2) is 0 Å². The summed E-state index contributed by atoms with van der Waals surface area (Å²) in [6.07, 6.45) is 2.28. The Morgan fingerprint density at radius 2 is 2.15 bits per heavy atom. The van der Waals surface area contributed by atoms with Crippen LogP contribution in [0.1, 0.15) is 48.6 Å². The average Bonchev–Trinajstić information content (AvgIpc) is 2.65. The molecule has 2 N–H and O–H groups in total. The first-order valence-electron chi connectivity index (χ1n) is 9.22. The van der Waals surface area contributed by atoms with Crippen LogP contribution in [-0.2, 0) is 4.74 Å². The number of aryl methyl sites for hydroxylation is 1. The number of rotatable bonds is 3. The van der Waals surface area contributed by atoms with Crippen molar-refractivity contribution >= 4 is 21.6 Å². The van der Waals surface area contributed by atoms with Gasteiger partial charge in [0.2, 0.25) is 0 Å². The van der Waals surface area contributed by atoms with Crippen LogP contribution in [0.4, 0.5) is 5.69 Å². The van der Waals surface area contributed by atoms with Crippen LogP contribution in [0.15, 0.2) is 34.8 Å². The lowest BCUT2D eigenvalue weighted by Crippen LogP contribution is -2.36. The molecule has 5 heteroatoms. The zero-order valence-corrected chi connectivity index (χ0v) is 16.7. The van der Waals surface area contributed by atoms with Gasteiger partial charge in [0, 0.05) is 23.8 Å². The SMILES string of the molecule is CCOc1cc(C2Nc3ccc(C)cc3C3OCCCC23)cc(Br)c1O. The molecule has 1 saturated heterocycles. The van der Waals surface area contributed by atoms with Gasteiger partial charge in [-0.3, -0.25) is 0 Å². The van der Waals surface area contributed by atoms with Gasteiger partial charge >= 0.3 is 0 Å². The number of halogens is 1. The molecule has 1 fully saturated rings. The molecule has 2 aliphatic rings. The molecule has 0 amide bonds. The predicted molar refractivity (Wildman–Crippen MR) is 106 cm³/mol. The molecule has 4 nitrogen and oxygen atoms in total. The Labute approximate surface area is 162 Å². The number of benzene rings is 2. The second-order valence-corrected chi connectivity index (χ2v) is 7.95. The minimum atomic E-state index is 0.105. The fraction of sp³-hybridized carbons (Fsp3) is 0.429. The Morgan fingerprint density at radius 3 is 2.96 bits per heavy atom. The van der Waals surface area contributed by atoms with Gasteiger partial charge in [-0.05, 0) is 66.4 Å². The van der Waals surface area contributed by atoms with Crippen molar-refractivity contribution in [3.63, 3.8) is 0 Å². The zero-order chi connectivity index (χ0) is 18.3. The van der Waals surface area contributed by atoms with Crippen molar-refractivity contribution in [1.29, 1.82) is 0 Å². The van der Waals surface area contributed by atoms with Gasteiger partial charge in [-0.2, -0.15) is 0 Å². The number of hydrogen-bond acceptors (Lipinski definition) is 4. The van der Waals surface area contributed by atoms with Crippen molar-refractivity contribution in [2.45, 2.75) is 38.8 Å². The monoisotopic (exact) mass is 417 g/mol. The number of phenolic OH excluding ortho intramolecular Hbond substituents is 1. The third kappa shape index (κ3) is 3.08. The summed E-state index contributed by atoms with van der Waals surface area (Å²) in [6, 6.07) is 10.6. The van der Waals surface area contributed by atoms with Crippen molar-refractivity contribution in [2.24, 2.45) is 5.92 Å². The van der Waals surface area contributed by atoms with Gasteiger partial charge in [0.1, 0.15) is 0 Å². The summed E-state index contributed by atoms with van der Waals surface area (Å²) in [7, 11) is 0. The van der Waals surface area contributed by atoms with Crippen LogP contribution in [0.3, 0.4) is 0 Å². The van der Waals surface area contributed by atoms with E-state index in [9.17, 15) is 5.11 Å². The molecule has 0 bridgehead atoms. The molecule has 4 rings (SSSR count). The number of phenols is 1. The van der Waals surface area contributed by atoms with Crippen LogP contribution in [0.2, 0.25) is 0 Å². The highest BCUT2D eigenvalue weighted by molar-refractivity contribution is 9.10. The minimum absolute atomic E-state index is 0.105. The van der Waals surface area contributed by atoms with E-state index in [1.807, 2.05) is 19.1 Å². The maximum absolute atomic E-state index is 10.3. The maximum Gasteiger partial charge on any atom is 0.172 e. The average molecular weight is 418 g/mol. The van der Waals surface area contributed by atoms with E-state index in [-0.39, 0.29) is 17.9 Å². The molecular formula is C21H24BrNO3. The molecule has 0 aromatic heterocycles. The van der Waals surface area contributed by atoms with E-state index >= 15 is 0 Å². The van der Waals surface area contributed by atoms with Crippen molar-refractivity contribution in [3.05, 3.63) is 51.5 Å². The van der Waals surface area contributed by atoms with Gasteiger partial charge in [0.05, 0.1) is 23.2 Å². The van der Waals surface area contributed by atoms with Crippen molar-refractivity contribution in [2.75, 3.05) is 18.5 Å². The Hall–Kier alpha value is -1.72. The normalized spacial score (nSPS) is 24.3. The summed E-state index contributed by atoms with van der Waals surface area (Å²) in [5.41, 5.74) is 4.74. The molecule has 138 valence electrons. The van der Waals surface area contributed by atoms with Crippen LogP contribution >= 0.6 is 15.9 Å². The molecule has 2 aromatic carbocycles. The van der Waals surface area contributed by atoms with Crippen LogP contribution in [0, 0.1) is 12.8 Å². The molecule has 2 aliphatic heterocycles. The second-order valence-electron chi connectivity index (χ2n) is 7.09. The standard InChI is InChI=1S/C21H24BrNO3/c1-3-25-18-11-13(10-16(22)20(18)24)19-14-5-4-8-26-21(14)15-9-12(2)6-7-17(15)23-19/h6-7,9-11,14,19,21,23-24H,3-5,8H2,1-2H3. The Balaban J connectivity index is 1.78. The Morgan fingerprint density at radius 1 is 1.31 bits per heavy atom. The third-order valence-corrected chi connectivity index (χ3v) is 5.94. The summed E-state index contributed by atoms with van der Waals surface area (Å²) >= 11 is 3.47. The van der Waals surface area contributed by atoms with Crippen molar-refractivity contribution in [3.8, 4) is 11.5 Å². The van der Waals surface area contributed by atoms with Gasteiger partial charge < -0.3 is 19.9 Å². The molecule has 2 heterocycles. The highest BCUT2D eigenvalue weighted by atomic mass is 79.9. The first-order valence-corrected chi connectivity index (χ1v) is 10.0. The number of nitrogens with one attached hydrogen (secondary N) is 1. The topological polar surface area (TPSA) is 50.7 Å². The van der Waals surface area contributed by atoms with Crippen LogP contribution in [0.5, 0.6) is 11.5 Å². The van der Waals surface area contributed by atoms with Gasteiger partial charge in [0.25, 0.3) is 0 Å². The molecule has 0 radical (unpaired) electrons. The molecular weight excluding hydrogens is 394 g/mol. The summed E-state index contributed by atoms with van der Waals surface area (Å²) in [5.74, 6) is 1.02. The van der Waals surface area contributed by atoms with Gasteiger partial charge in [-0.15, -0.1) is 0 Å². The number of hydrogen-bond donors (Lipinski definition) is 2. The van der Waals surface area contributed by atoms with Crippen LogP contribution in [-0.4, -0.2) is 18.3 Å². The van der Waals surface area contributed by atoms with Gasteiger partial charge in [0.15, 0.2) is 11.5 Å². The summed E-state index contributed by atoms with van der Waals surface area (Å²) in [4.78, 5) is 0. The quantitative estimate of drug-likeness (QED) is 0.692. The lowest BCUT2D eigenvalue weighted by molar-refractivity contribution is -0.0381. The highest BCUT2D eigenvalue weighted by Gasteiger charge is 2.40. The third-order valence-electron chi connectivity index (χ3n) is 5.33. The number of aromatic hydroxyl groups is 1. The van der Waals surface area contributed by atoms with E-state index < -0.39 is 0 Å². The molecule has 3 atom stereocenters. The predicted octanol–water partition coefficient (Wildman–Crippen LogP) is 5.50. The van der Waals surface area contributed by atoms with E-state index in [4.69, 9.17) is 9.47 Å². The van der Waals surface area contributed by atoms with Gasteiger partial charge in [-0.1, -0.05) is 17.7 Å². The summed E-state index contributed by atoms with van der Waals surface area (Å²) in [5, 5.41) is 14.0. The lowest BCUT2D eigenvalue weighted by atomic mass is 9.77. The van der Waals surface area contributed by atoms with E-state index in [2.05, 4.69) is 46.4 Å². The number of fused-ring (bicyclic) bond motifs is 3. The Kier molecular flexibility index (Phi) is 4.84. The Bertz CT molecular complexity index is 823. The minimum Gasteiger partial charge on any atom is -0.503 e. The molecule has 0 saturated carbocycles. The van der Waals surface area contributed by atoms with E-state index in [1.54, 1.807) is 0 Å². The van der Waals surface area contributed by atoms with E-state index in [0.717, 1.165) is 30.7 Å². The molecule has 0 aliphatic carbocycles. The highest BCUT2D eigenvalue weighted by Crippen LogP contribution is 2.50. The largest absolute Gasteiger partial charge is 0.503 e. The number of ether oxygens (including phenoxy) is 2. The lowest BCUT2D eigenvalue weighted by Gasteiger charge is -2.43. The fourth-order valence-corrected chi connectivity index (χ4v) is 4.62. The summed E-state index contributed by atoms with van der Waals surface area (Å²) < 4.78 is 12.5. The summed E-state index contributed by atoms with van der Waals surface area (Å²) in [6.45, 7) is 5.36. The van der Waals surface area contributed by atoms with E-state index in [1.165, 1.54) is 11.1 Å². The second kappa shape index (κ2) is 7.12. The number of anilines is 1. The molecule has 0 spiro atoms. The van der Waals surface area contributed by atoms with Crippen LogP contribution in [0.25, 0.3) is 0 Å². The molecule has 26 heavy (non-hydrogen) atoms. The van der Waals surface area contributed by atoms with Crippen molar-refractivity contribution in [1.82, 2.24) is 0 Å².